The lowest BCUT2D eigenvalue weighted by molar-refractivity contribution is -0.119. The molecule has 3 heteroatoms. The van der Waals surface area contributed by atoms with E-state index in [9.17, 15) is 4.79 Å². The zero-order valence-corrected chi connectivity index (χ0v) is 5.69. The quantitative estimate of drug-likeness (QED) is 0.483. The molecule has 0 aromatic rings. The molecule has 0 aliphatic rings. The first-order chi connectivity index (χ1) is 3.66. The van der Waals surface area contributed by atoms with Crippen LogP contribution in [0.4, 0.5) is 0 Å². The molecule has 0 rings (SSSR count). The third kappa shape index (κ3) is 3.72. The van der Waals surface area contributed by atoms with Crippen LogP contribution in [0.5, 0.6) is 0 Å². The first-order valence-electron chi connectivity index (χ1n) is 2.96. The van der Waals surface area contributed by atoms with Gasteiger partial charge in [0.25, 0.3) is 0 Å². The summed E-state index contributed by atoms with van der Waals surface area (Å²) in [6.07, 6.45) is 0.582. The Balaban J connectivity index is 3.25. The summed E-state index contributed by atoms with van der Waals surface area (Å²) in [5.41, 5.74) is 0. The molecular formula is C5H12BNO. The van der Waals surface area contributed by atoms with E-state index in [2.05, 4.69) is 5.32 Å². The average Bonchev–Trinajstić information content (AvgIpc) is 1.65. The van der Waals surface area contributed by atoms with Crippen molar-refractivity contribution in [1.82, 2.24) is 5.32 Å². The number of rotatable bonds is 2. The summed E-state index contributed by atoms with van der Waals surface area (Å²) >= 11 is 0. The fourth-order valence-electron chi connectivity index (χ4n) is 0.424. The van der Waals surface area contributed by atoms with Gasteiger partial charge in [0.2, 0.25) is 5.91 Å². The first-order valence-corrected chi connectivity index (χ1v) is 2.96. The minimum Gasteiger partial charge on any atom is -0.355 e. The molecule has 0 saturated carbocycles. The van der Waals surface area contributed by atoms with Gasteiger partial charge in [0.05, 0.1) is 0 Å². The Morgan fingerprint density at radius 3 is 2.38 bits per heavy atom. The van der Waals surface area contributed by atoms with Crippen molar-refractivity contribution in [1.29, 1.82) is 0 Å². The number of hydrogen-bond donors (Lipinski definition) is 1. The lowest BCUT2D eigenvalue weighted by Gasteiger charge is -2.04. The number of nitrogens with one attached hydrogen (secondary N) is 1. The molecule has 1 amide bonds. The summed E-state index contributed by atoms with van der Waals surface area (Å²) < 4.78 is 0. The van der Waals surface area contributed by atoms with Gasteiger partial charge in [-0.1, -0.05) is 0 Å². The highest BCUT2D eigenvalue weighted by molar-refractivity contribution is 6.19. The molecule has 0 atom stereocenters. The number of carbonyl (C=O) groups is 1. The third-order valence-corrected chi connectivity index (χ3v) is 0.771. The van der Waals surface area contributed by atoms with Crippen LogP contribution in [-0.4, -0.2) is 19.8 Å². The largest absolute Gasteiger partial charge is 0.355 e. The average molecular weight is 113 g/mol. The van der Waals surface area contributed by atoms with Crippen molar-refractivity contribution in [3.05, 3.63) is 0 Å². The van der Waals surface area contributed by atoms with Gasteiger partial charge in [-0.15, -0.1) is 0 Å². The van der Waals surface area contributed by atoms with Gasteiger partial charge in [-0.05, 0) is 20.2 Å². The summed E-state index contributed by atoms with van der Waals surface area (Å²) in [6, 6.07) is 0.280. The maximum absolute atomic E-state index is 10.5. The zero-order valence-electron chi connectivity index (χ0n) is 5.69. The van der Waals surface area contributed by atoms with E-state index in [0.717, 1.165) is 0 Å². The SMILES string of the molecule is BCC(=O)NC(C)C. The lowest BCUT2D eigenvalue weighted by Crippen LogP contribution is -2.29. The Morgan fingerprint density at radius 1 is 1.75 bits per heavy atom. The molecule has 0 aromatic carbocycles. The third-order valence-electron chi connectivity index (χ3n) is 0.771. The normalized spacial score (nSPS) is 9.38. The minimum atomic E-state index is 0.125. The van der Waals surface area contributed by atoms with Crippen LogP contribution in [0.3, 0.4) is 0 Å². The second-order valence-electron chi connectivity index (χ2n) is 2.08. The Morgan fingerprint density at radius 2 is 2.25 bits per heavy atom. The van der Waals surface area contributed by atoms with Crippen LogP contribution < -0.4 is 5.32 Å². The molecule has 1 N–H and O–H groups in total. The summed E-state index contributed by atoms with van der Waals surface area (Å²) in [6.45, 7) is 3.90. The summed E-state index contributed by atoms with van der Waals surface area (Å²) in [7, 11) is 1.84. The van der Waals surface area contributed by atoms with Crippen LogP contribution in [-0.2, 0) is 4.79 Å². The van der Waals surface area contributed by atoms with Crippen molar-refractivity contribution in [3.63, 3.8) is 0 Å². The minimum absolute atomic E-state index is 0.125. The Labute approximate surface area is 51.1 Å². The van der Waals surface area contributed by atoms with E-state index in [1.807, 2.05) is 21.7 Å². The van der Waals surface area contributed by atoms with E-state index in [4.69, 9.17) is 0 Å². The maximum atomic E-state index is 10.5. The molecule has 0 bridgehead atoms. The number of hydrogen-bond acceptors (Lipinski definition) is 1. The van der Waals surface area contributed by atoms with E-state index in [1.54, 1.807) is 0 Å². The number of carbonyl (C=O) groups excluding carboxylic acids is 1. The van der Waals surface area contributed by atoms with Crippen molar-refractivity contribution in [2.75, 3.05) is 0 Å². The topological polar surface area (TPSA) is 29.1 Å². The molecule has 0 unspecified atom stereocenters. The fourth-order valence-corrected chi connectivity index (χ4v) is 0.424. The highest BCUT2D eigenvalue weighted by atomic mass is 16.1. The van der Waals surface area contributed by atoms with Crippen LogP contribution in [0, 0.1) is 0 Å². The molecule has 0 heterocycles. The maximum Gasteiger partial charge on any atom is 0.212 e. The van der Waals surface area contributed by atoms with Gasteiger partial charge in [0.1, 0.15) is 7.85 Å². The highest BCUT2D eigenvalue weighted by Crippen LogP contribution is 1.78. The summed E-state index contributed by atoms with van der Waals surface area (Å²) in [5.74, 6) is 0.125. The molecule has 8 heavy (non-hydrogen) atoms. The van der Waals surface area contributed by atoms with Crippen molar-refractivity contribution in [2.24, 2.45) is 0 Å². The molecule has 0 fully saturated rings. The van der Waals surface area contributed by atoms with Gasteiger partial charge in [0.15, 0.2) is 0 Å². The Kier molecular flexibility index (Phi) is 3.32. The molecule has 46 valence electrons. The fraction of sp³-hybridized carbons (Fsp3) is 0.800. The molecule has 0 aliphatic heterocycles. The zero-order chi connectivity index (χ0) is 6.57. The summed E-state index contributed by atoms with van der Waals surface area (Å²) in [4.78, 5) is 10.5. The first kappa shape index (κ1) is 7.53. The Bertz CT molecular complexity index is 82.5. The van der Waals surface area contributed by atoms with Gasteiger partial charge in [-0.2, -0.15) is 0 Å². The van der Waals surface area contributed by atoms with Crippen molar-refractivity contribution in [2.45, 2.75) is 26.2 Å². The van der Waals surface area contributed by atoms with Crippen LogP contribution >= 0.6 is 0 Å². The molecule has 0 spiro atoms. The molecule has 2 nitrogen and oxygen atoms in total. The van der Waals surface area contributed by atoms with Gasteiger partial charge < -0.3 is 5.32 Å². The number of amides is 1. The van der Waals surface area contributed by atoms with Gasteiger partial charge in [-0.25, -0.2) is 0 Å². The van der Waals surface area contributed by atoms with Gasteiger partial charge >= 0.3 is 0 Å². The van der Waals surface area contributed by atoms with E-state index < -0.39 is 0 Å². The second-order valence-corrected chi connectivity index (χ2v) is 2.08. The van der Waals surface area contributed by atoms with Crippen LogP contribution in [0.2, 0.25) is 6.32 Å². The van der Waals surface area contributed by atoms with Crippen LogP contribution in [0.15, 0.2) is 0 Å². The smallest absolute Gasteiger partial charge is 0.212 e. The predicted molar refractivity (Wildman–Crippen MR) is 36.6 cm³/mol. The van der Waals surface area contributed by atoms with Crippen molar-refractivity contribution >= 4 is 13.8 Å². The molecule has 0 radical (unpaired) electrons. The lowest BCUT2D eigenvalue weighted by atomic mass is 10.0. The van der Waals surface area contributed by atoms with Gasteiger partial charge in [-0.3, -0.25) is 4.79 Å². The van der Waals surface area contributed by atoms with Crippen molar-refractivity contribution in [3.8, 4) is 0 Å². The summed E-state index contributed by atoms with van der Waals surface area (Å²) in [5, 5.41) is 2.75. The van der Waals surface area contributed by atoms with E-state index in [0.29, 0.717) is 6.32 Å². The standard InChI is InChI=1S/C5H12BNO/c1-4(2)7-5(8)3-6/h4H,3,6H2,1-2H3,(H,7,8). The van der Waals surface area contributed by atoms with E-state index >= 15 is 0 Å². The van der Waals surface area contributed by atoms with Crippen LogP contribution in [0.25, 0.3) is 0 Å². The molecular weight excluding hydrogens is 101 g/mol. The molecule has 0 saturated heterocycles. The monoisotopic (exact) mass is 113 g/mol. The second kappa shape index (κ2) is 3.53. The highest BCUT2D eigenvalue weighted by Gasteiger charge is 1.96. The Hall–Kier alpha value is -0.465. The van der Waals surface area contributed by atoms with Crippen molar-refractivity contribution < 1.29 is 4.79 Å². The van der Waals surface area contributed by atoms with Crippen LogP contribution in [0.1, 0.15) is 13.8 Å². The predicted octanol–water partition coefficient (Wildman–Crippen LogP) is -0.438. The van der Waals surface area contributed by atoms with Gasteiger partial charge in [0, 0.05) is 6.04 Å². The molecule has 0 aromatic heterocycles. The van der Waals surface area contributed by atoms with E-state index in [1.165, 1.54) is 0 Å². The van der Waals surface area contributed by atoms with E-state index in [-0.39, 0.29) is 11.9 Å². The molecule has 0 aliphatic carbocycles.